The van der Waals surface area contributed by atoms with Crippen LogP contribution in [0.1, 0.15) is 18.5 Å². The zero-order valence-corrected chi connectivity index (χ0v) is 16.4. The highest BCUT2D eigenvalue weighted by atomic mass is 35.5. The van der Waals surface area contributed by atoms with Gasteiger partial charge in [0, 0.05) is 10.7 Å². The molecule has 2 aromatic heterocycles. The van der Waals surface area contributed by atoms with Crippen molar-refractivity contribution < 1.29 is 0 Å². The first kappa shape index (κ1) is 19.7. The first-order chi connectivity index (χ1) is 10.9. The summed E-state index contributed by atoms with van der Waals surface area (Å²) in [5.41, 5.74) is 2.20. The molecule has 0 saturated carbocycles. The first-order valence-electron chi connectivity index (χ1n) is 7.75. The molecule has 4 heterocycles. The fourth-order valence-corrected chi connectivity index (χ4v) is 4.98. The van der Waals surface area contributed by atoms with E-state index in [-0.39, 0.29) is 24.8 Å². The Hall–Kier alpha value is -0.590. The molecule has 1 saturated heterocycles. The molecule has 0 radical (unpaired) electrons. The van der Waals surface area contributed by atoms with Crippen LogP contribution in [0.4, 0.5) is 0 Å². The van der Waals surface area contributed by atoms with Crippen molar-refractivity contribution in [3.8, 4) is 0 Å². The van der Waals surface area contributed by atoms with Gasteiger partial charge >= 0.3 is 0 Å². The van der Waals surface area contributed by atoms with E-state index in [1.807, 2.05) is 29.7 Å². The molecule has 130 valence electrons. The predicted octanol–water partition coefficient (Wildman–Crippen LogP) is 4.87. The minimum absolute atomic E-state index is 0. The van der Waals surface area contributed by atoms with Crippen molar-refractivity contribution in [2.45, 2.75) is 17.9 Å². The number of nitrogens with one attached hydrogen (secondary N) is 1. The molecule has 7 heteroatoms. The van der Waals surface area contributed by atoms with Gasteiger partial charge in [0.15, 0.2) is 0 Å². The average Bonchev–Trinajstić information content (AvgIpc) is 2.98. The van der Waals surface area contributed by atoms with E-state index in [0.717, 1.165) is 11.6 Å². The summed E-state index contributed by atoms with van der Waals surface area (Å²) in [5, 5.41) is 6.93. The Labute approximate surface area is 163 Å². The highest BCUT2D eigenvalue weighted by Gasteiger charge is 2.14. The third kappa shape index (κ3) is 4.33. The lowest BCUT2D eigenvalue weighted by molar-refractivity contribution is 0.408. The molecule has 24 heavy (non-hydrogen) atoms. The topological polar surface area (TPSA) is 29.3 Å². The van der Waals surface area contributed by atoms with Gasteiger partial charge in [-0.1, -0.05) is 17.8 Å². The molecule has 2 aliphatic heterocycles. The van der Waals surface area contributed by atoms with Gasteiger partial charge < -0.3 is 5.32 Å². The van der Waals surface area contributed by atoms with Gasteiger partial charge in [-0.3, -0.25) is 4.40 Å². The van der Waals surface area contributed by atoms with Gasteiger partial charge in [0.1, 0.15) is 5.65 Å². The molecular formula is C17H21Cl2N3S2. The van der Waals surface area contributed by atoms with Crippen molar-refractivity contribution in [1.29, 1.82) is 0 Å². The van der Waals surface area contributed by atoms with Crippen LogP contribution in [0.25, 0.3) is 11.7 Å². The average molecular weight is 402 g/mol. The normalized spacial score (nSPS) is 17.4. The Bertz CT molecular complexity index is 737. The molecule has 0 bridgehead atoms. The van der Waals surface area contributed by atoms with E-state index in [0.29, 0.717) is 0 Å². The van der Waals surface area contributed by atoms with Gasteiger partial charge in [0.05, 0.1) is 16.9 Å². The third-order valence-corrected chi connectivity index (χ3v) is 6.16. The second kappa shape index (κ2) is 9.20. The third-order valence-electron chi connectivity index (χ3n) is 4.15. The number of rotatable bonds is 4. The summed E-state index contributed by atoms with van der Waals surface area (Å²) >= 11 is 3.76. The molecule has 0 spiro atoms. The van der Waals surface area contributed by atoms with Gasteiger partial charge in [0.25, 0.3) is 0 Å². The molecule has 0 unspecified atom stereocenters. The number of imidazole rings is 1. The van der Waals surface area contributed by atoms with Crippen molar-refractivity contribution in [2.24, 2.45) is 5.92 Å². The van der Waals surface area contributed by atoms with E-state index in [2.05, 4.69) is 50.5 Å². The Kier molecular flexibility index (Phi) is 7.57. The first-order valence-corrected chi connectivity index (χ1v) is 9.61. The molecule has 0 atom stereocenters. The van der Waals surface area contributed by atoms with Crippen LogP contribution in [0, 0.1) is 5.92 Å². The van der Waals surface area contributed by atoms with E-state index in [4.69, 9.17) is 0 Å². The number of allylic oxidation sites excluding steroid dienone is 1. The molecule has 0 aromatic carbocycles. The summed E-state index contributed by atoms with van der Waals surface area (Å²) in [5.74, 6) is 2.11. The predicted molar refractivity (Wildman–Crippen MR) is 111 cm³/mol. The summed E-state index contributed by atoms with van der Waals surface area (Å²) in [7, 11) is 0. The van der Waals surface area contributed by atoms with Crippen LogP contribution in [0.15, 0.2) is 45.8 Å². The van der Waals surface area contributed by atoms with Crippen LogP contribution in [-0.2, 0) is 0 Å². The van der Waals surface area contributed by atoms with Crippen LogP contribution in [0.2, 0.25) is 0 Å². The largest absolute Gasteiger partial charge is 0.317 e. The quantitative estimate of drug-likeness (QED) is 0.790. The van der Waals surface area contributed by atoms with Crippen LogP contribution in [-0.4, -0.2) is 28.2 Å². The molecule has 1 fully saturated rings. The Morgan fingerprint density at radius 1 is 1.29 bits per heavy atom. The van der Waals surface area contributed by atoms with E-state index >= 15 is 0 Å². The molecule has 1 N–H and O–H groups in total. The molecule has 2 aliphatic rings. The number of nitrogens with zero attached hydrogens (tertiary/aromatic N) is 2. The maximum Gasteiger partial charge on any atom is 0.138 e. The Morgan fingerprint density at radius 2 is 2.12 bits per heavy atom. The maximum atomic E-state index is 4.45. The van der Waals surface area contributed by atoms with Crippen LogP contribution < -0.4 is 5.32 Å². The SMILES string of the molecule is C(=CC1=Cc2cnc3cccc(n23)S1)SCC1CCNCC1.Cl.Cl. The van der Waals surface area contributed by atoms with Gasteiger partial charge in [-0.05, 0) is 61.5 Å². The number of aromatic nitrogens is 2. The van der Waals surface area contributed by atoms with Crippen molar-refractivity contribution in [1.82, 2.24) is 14.7 Å². The van der Waals surface area contributed by atoms with Gasteiger partial charge in [-0.25, -0.2) is 4.98 Å². The maximum absolute atomic E-state index is 4.45. The Balaban J connectivity index is 0.00000104. The van der Waals surface area contributed by atoms with Crippen molar-refractivity contribution in [3.05, 3.63) is 46.5 Å². The highest BCUT2D eigenvalue weighted by molar-refractivity contribution is 8.04. The van der Waals surface area contributed by atoms with Crippen LogP contribution in [0.5, 0.6) is 0 Å². The standard InChI is InChI=1S/C17H19N3S2.2ClH/c1-2-16-19-11-14-10-15(22-17(3-1)20(14)16)6-9-21-12-13-4-7-18-8-5-13;;/h1-3,6,9-11,13,18H,4-5,7-8,12H2;2*1H. The second-order valence-corrected chi connectivity index (χ2v) is 7.75. The van der Waals surface area contributed by atoms with Crippen LogP contribution >= 0.6 is 48.3 Å². The van der Waals surface area contributed by atoms with E-state index < -0.39 is 0 Å². The fraction of sp³-hybridized carbons (Fsp3) is 0.353. The van der Waals surface area contributed by atoms with Crippen molar-refractivity contribution in [2.75, 3.05) is 18.8 Å². The van der Waals surface area contributed by atoms with E-state index in [9.17, 15) is 0 Å². The van der Waals surface area contributed by atoms with E-state index in [1.165, 1.54) is 47.3 Å². The molecule has 4 rings (SSSR count). The second-order valence-electron chi connectivity index (χ2n) is 5.72. The van der Waals surface area contributed by atoms with E-state index in [1.54, 1.807) is 0 Å². The monoisotopic (exact) mass is 401 g/mol. The number of thioether (sulfide) groups is 2. The lowest BCUT2D eigenvalue weighted by Gasteiger charge is -2.21. The van der Waals surface area contributed by atoms with Gasteiger partial charge in [-0.2, -0.15) is 0 Å². The van der Waals surface area contributed by atoms with Gasteiger partial charge in [0.2, 0.25) is 0 Å². The smallest absolute Gasteiger partial charge is 0.138 e. The zero-order valence-electron chi connectivity index (χ0n) is 13.2. The van der Waals surface area contributed by atoms with Crippen LogP contribution in [0.3, 0.4) is 0 Å². The Morgan fingerprint density at radius 3 is 2.96 bits per heavy atom. The summed E-state index contributed by atoms with van der Waals surface area (Å²) in [6, 6.07) is 6.29. The lowest BCUT2D eigenvalue weighted by atomic mass is 10.0. The number of hydrogen-bond acceptors (Lipinski definition) is 4. The minimum Gasteiger partial charge on any atom is -0.317 e. The number of piperidine rings is 1. The summed E-state index contributed by atoms with van der Waals surface area (Å²) in [4.78, 5) is 5.74. The molecule has 2 aromatic rings. The number of halogens is 2. The van der Waals surface area contributed by atoms with Crippen molar-refractivity contribution >= 4 is 60.1 Å². The molecular weight excluding hydrogens is 381 g/mol. The molecule has 3 nitrogen and oxygen atoms in total. The summed E-state index contributed by atoms with van der Waals surface area (Å²) in [6.07, 6.45) is 9.05. The number of pyridine rings is 1. The molecule has 0 aliphatic carbocycles. The van der Waals surface area contributed by atoms with Gasteiger partial charge in [-0.15, -0.1) is 36.6 Å². The summed E-state index contributed by atoms with van der Waals surface area (Å²) in [6.45, 7) is 2.37. The summed E-state index contributed by atoms with van der Waals surface area (Å²) < 4.78 is 2.21. The zero-order chi connectivity index (χ0) is 14.8. The highest BCUT2D eigenvalue weighted by Crippen LogP contribution is 2.35. The van der Waals surface area contributed by atoms with Crippen molar-refractivity contribution in [3.63, 3.8) is 0 Å². The molecule has 0 amide bonds. The lowest BCUT2D eigenvalue weighted by Crippen LogP contribution is -2.28. The number of hydrogen-bond donors (Lipinski definition) is 1. The minimum atomic E-state index is 0. The fourth-order valence-electron chi connectivity index (χ4n) is 2.94.